The summed E-state index contributed by atoms with van der Waals surface area (Å²) in [5, 5.41) is 22.4. The fraction of sp³-hybridized carbons (Fsp3) is 0.224. The summed E-state index contributed by atoms with van der Waals surface area (Å²) in [6, 6.07) is 61.0. The van der Waals surface area contributed by atoms with Crippen LogP contribution in [0.3, 0.4) is 0 Å². The van der Waals surface area contributed by atoms with E-state index in [-0.39, 0.29) is 86.5 Å². The average Bonchev–Trinajstić information content (AvgIpc) is 1.36. The first-order chi connectivity index (χ1) is 47.0. The summed E-state index contributed by atoms with van der Waals surface area (Å²) < 4.78 is 0. The summed E-state index contributed by atoms with van der Waals surface area (Å²) in [6.07, 6.45) is 12.7. The molecule has 4 aromatic carbocycles. The molecule has 0 spiro atoms. The van der Waals surface area contributed by atoms with Crippen molar-refractivity contribution in [3.8, 4) is 34.0 Å². The molecule has 0 fully saturated rings. The Hall–Kier alpha value is -8.92. The molecule has 3 aliphatic rings. The standard InChI is InChI=1S/C31H36N4.C29H24N4.C25H22N2O2.3Pt/c1-8-23-24(9-2)30(34-28(23)16-22-14-12-13-15-32-22)18-31-26(11-4)25(10-3)29(35-31)17-27-20(6)19(5)21(7)33-27;1-18-22-11-3-5-13-24(22)32-28(18)26-15-7-9-20(30-26)17-21-10-8-16-27(31-21)29-19(2)23-12-4-6-14-25(23)33-29;1-25(2,23-15-7-11-19(26-23)17-9-3-5-13-21(17)28)24-16-8-12-20(27-24)18-10-4-6-14-22(18)29;;;/h12-18H,8-11H2,1-7H3;3-16,18-19H,17H2,1-2H3;3-16,28-29H,1-2H3;;;/q-2;;;;;+2. The molecular formula is C85H82N10O2Pt3. The Bertz CT molecular complexity index is 4860. The number of fused-ring (bicyclic) bond motifs is 2. The van der Waals surface area contributed by atoms with Crippen LogP contribution in [-0.2, 0) is 101 Å². The largest absolute Gasteiger partial charge is 2.00 e. The van der Waals surface area contributed by atoms with Crippen molar-refractivity contribution in [3.63, 3.8) is 0 Å². The van der Waals surface area contributed by atoms with Gasteiger partial charge in [0.15, 0.2) is 0 Å². The molecule has 12 nitrogen and oxygen atoms in total. The Kier molecular flexibility index (Phi) is 25.2. The van der Waals surface area contributed by atoms with Gasteiger partial charge in [-0.25, -0.2) is 0 Å². The van der Waals surface area contributed by atoms with Crippen LogP contribution >= 0.6 is 0 Å². The van der Waals surface area contributed by atoms with Crippen molar-refractivity contribution >= 4 is 46.7 Å². The van der Waals surface area contributed by atoms with E-state index in [1.54, 1.807) is 24.3 Å². The van der Waals surface area contributed by atoms with Gasteiger partial charge in [-0.3, -0.25) is 39.9 Å². The number of rotatable bonds is 15. The predicted molar refractivity (Wildman–Crippen MR) is 395 cm³/mol. The van der Waals surface area contributed by atoms with E-state index < -0.39 is 5.41 Å². The summed E-state index contributed by atoms with van der Waals surface area (Å²) in [7, 11) is 0. The van der Waals surface area contributed by atoms with Gasteiger partial charge in [-0.15, -0.1) is 22.1 Å². The molecule has 14 rings (SSSR count). The van der Waals surface area contributed by atoms with Crippen LogP contribution in [0.2, 0.25) is 0 Å². The van der Waals surface area contributed by atoms with Crippen molar-refractivity contribution in [1.29, 1.82) is 0 Å². The number of hydrogen-bond donors (Lipinski definition) is 2. The number of aromatic nitrogens is 7. The number of para-hydroxylation sites is 4. The summed E-state index contributed by atoms with van der Waals surface area (Å²) in [5.41, 5.74) is 27.5. The van der Waals surface area contributed by atoms with Gasteiger partial charge in [0, 0.05) is 100 Å². The van der Waals surface area contributed by atoms with Crippen molar-refractivity contribution < 1.29 is 73.4 Å². The molecule has 3 aliphatic heterocycles. The van der Waals surface area contributed by atoms with Crippen LogP contribution in [0, 0.1) is 0 Å². The van der Waals surface area contributed by atoms with Gasteiger partial charge in [-0.1, -0.05) is 173 Å². The zero-order valence-electron chi connectivity index (χ0n) is 58.2. The Labute approximate surface area is 630 Å². The minimum Gasteiger partial charge on any atom is -0.657 e. The first-order valence-corrected chi connectivity index (χ1v) is 33.8. The van der Waals surface area contributed by atoms with Gasteiger partial charge in [-0.2, -0.15) is 0 Å². The van der Waals surface area contributed by atoms with E-state index in [0.717, 1.165) is 122 Å². The fourth-order valence-corrected chi connectivity index (χ4v) is 13.2. The van der Waals surface area contributed by atoms with Gasteiger partial charge in [0.2, 0.25) is 0 Å². The topological polar surface area (TPSA) is 170 Å². The Morgan fingerprint density at radius 1 is 0.440 bits per heavy atom. The SMILES string of the molecule is CC(C)(c1cccc(-c2ccccc2O)n1)c1cccc(-c2ccccc2O)n1.CC1C(c2cccc(Cc3cccc(C4=Nc5ccccc5C4C)n3)n2)=Nc2ccccc21.CCc1c(C=C2N=C(C)C(C)=C2C)[n-]c(C=c2[n-]c(=Cc3ccccn3)c(CC)c2CC)c1CC.[Pt+2].[Pt].[Pt]. The maximum atomic E-state index is 10.2. The number of benzene rings is 4. The monoisotopic (exact) mass is 1860 g/mol. The Morgan fingerprint density at radius 3 is 1.33 bits per heavy atom. The molecule has 0 amide bonds. The van der Waals surface area contributed by atoms with Crippen LogP contribution in [-0.4, -0.2) is 52.3 Å². The third-order valence-electron chi connectivity index (χ3n) is 18.9. The van der Waals surface area contributed by atoms with E-state index in [1.165, 1.54) is 44.5 Å². The van der Waals surface area contributed by atoms with Crippen molar-refractivity contribution in [3.05, 3.63) is 306 Å². The van der Waals surface area contributed by atoms with E-state index in [9.17, 15) is 10.2 Å². The Morgan fingerprint density at radius 2 is 0.880 bits per heavy atom. The summed E-state index contributed by atoms with van der Waals surface area (Å²) >= 11 is 0. The average molecular weight is 1860 g/mol. The second-order valence-electron chi connectivity index (χ2n) is 25.3. The Balaban J connectivity index is 0.000000173. The number of aliphatic imine (C=N–C) groups is 3. The van der Waals surface area contributed by atoms with Crippen LogP contribution < -0.4 is 20.7 Å². The van der Waals surface area contributed by atoms with E-state index in [2.05, 4.69) is 172 Å². The molecule has 15 heteroatoms. The first kappa shape index (κ1) is 75.3. The predicted octanol–water partition coefficient (Wildman–Crippen LogP) is 17.1. The number of nitrogens with zero attached hydrogens (tertiary/aromatic N) is 10. The molecule has 514 valence electrons. The third-order valence-corrected chi connectivity index (χ3v) is 18.9. The van der Waals surface area contributed by atoms with Crippen LogP contribution in [0.25, 0.3) is 40.7 Å². The van der Waals surface area contributed by atoms with Crippen molar-refractivity contribution in [2.45, 2.75) is 126 Å². The van der Waals surface area contributed by atoms with E-state index in [4.69, 9.17) is 44.9 Å². The van der Waals surface area contributed by atoms with Crippen molar-refractivity contribution in [2.75, 3.05) is 0 Å². The maximum Gasteiger partial charge on any atom is 2.00 e. The normalized spacial score (nSPS) is 15.1. The van der Waals surface area contributed by atoms with Gasteiger partial charge < -0.3 is 20.2 Å². The summed E-state index contributed by atoms with van der Waals surface area (Å²) in [5.74, 6) is 0.895. The first-order valence-electron chi connectivity index (χ1n) is 33.8. The van der Waals surface area contributed by atoms with E-state index >= 15 is 0 Å². The fourth-order valence-electron chi connectivity index (χ4n) is 13.2. The molecule has 2 atom stereocenters. The minimum absolute atomic E-state index is 0. The van der Waals surface area contributed by atoms with Crippen LogP contribution in [0.15, 0.2) is 226 Å². The van der Waals surface area contributed by atoms with Gasteiger partial charge in [0.05, 0.1) is 68.4 Å². The van der Waals surface area contributed by atoms with Crippen molar-refractivity contribution in [2.24, 2.45) is 15.0 Å². The van der Waals surface area contributed by atoms with Gasteiger partial charge >= 0.3 is 21.1 Å². The molecular weight excluding hydrogens is 1780 g/mol. The molecule has 0 radical (unpaired) electrons. The zero-order chi connectivity index (χ0) is 67.9. The third kappa shape index (κ3) is 16.1. The smallest absolute Gasteiger partial charge is 0.657 e. The molecule has 0 bridgehead atoms. The van der Waals surface area contributed by atoms with Crippen LogP contribution in [0.5, 0.6) is 11.5 Å². The quantitative estimate of drug-likeness (QED) is 0.101. The molecule has 0 aliphatic carbocycles. The number of phenols is 2. The number of pyridine rings is 5. The zero-order valence-corrected chi connectivity index (χ0v) is 65.0. The van der Waals surface area contributed by atoms with E-state index in [1.807, 2.05) is 97.2 Å². The molecule has 11 aromatic rings. The molecule has 100 heavy (non-hydrogen) atoms. The summed E-state index contributed by atoms with van der Waals surface area (Å²) in [4.78, 5) is 48.8. The summed E-state index contributed by atoms with van der Waals surface area (Å²) in [6.45, 7) is 23.8. The van der Waals surface area contributed by atoms with Crippen LogP contribution in [0.1, 0.15) is 173 Å². The van der Waals surface area contributed by atoms with Gasteiger partial charge in [0.25, 0.3) is 0 Å². The molecule has 10 heterocycles. The molecule has 2 unspecified atom stereocenters. The second-order valence-corrected chi connectivity index (χ2v) is 25.3. The number of allylic oxidation sites excluding steroid dienone is 2. The van der Waals surface area contributed by atoms with Crippen molar-refractivity contribution in [1.82, 2.24) is 34.9 Å². The second kappa shape index (κ2) is 33.5. The molecule has 0 saturated heterocycles. The number of aromatic hydroxyl groups is 2. The minimum atomic E-state index is -0.471. The van der Waals surface area contributed by atoms with Gasteiger partial charge in [0.1, 0.15) is 11.5 Å². The molecule has 2 N–H and O–H groups in total. The number of phenolic OH excluding ortho intramolecular Hbond substituents is 2. The molecule has 7 aromatic heterocycles. The van der Waals surface area contributed by atoms with Gasteiger partial charge in [-0.05, 0) is 180 Å². The van der Waals surface area contributed by atoms with E-state index in [0.29, 0.717) is 28.9 Å². The number of hydrogen-bond acceptors (Lipinski definition) is 10. The van der Waals surface area contributed by atoms with Crippen LogP contribution in [0.4, 0.5) is 11.4 Å². The molecule has 0 saturated carbocycles. The maximum absolute atomic E-state index is 10.2.